The third-order valence-electron chi connectivity index (χ3n) is 6.46. The van der Waals surface area contributed by atoms with Crippen LogP contribution >= 0.6 is 0 Å². The Morgan fingerprint density at radius 1 is 1.32 bits per heavy atom. The third-order valence-corrected chi connectivity index (χ3v) is 6.46. The molecule has 3 rings (SSSR count). The minimum absolute atomic E-state index is 0.0409. The van der Waals surface area contributed by atoms with E-state index in [4.69, 9.17) is 5.11 Å². The topological polar surface area (TPSA) is 77.8 Å². The van der Waals surface area contributed by atoms with Gasteiger partial charge in [0.2, 0.25) is 5.91 Å². The second-order valence-electron chi connectivity index (χ2n) is 8.24. The highest BCUT2D eigenvalue weighted by atomic mass is 16.4. The van der Waals surface area contributed by atoms with Gasteiger partial charge in [0.15, 0.2) is 0 Å². The van der Waals surface area contributed by atoms with Crippen molar-refractivity contribution in [2.75, 3.05) is 6.54 Å². The quantitative estimate of drug-likeness (QED) is 0.634. The number of likely N-dealkylation sites (tertiary alicyclic amines) is 1. The highest BCUT2D eigenvalue weighted by molar-refractivity contribution is 5.87. The predicted molar refractivity (Wildman–Crippen MR) is 108 cm³/mol. The van der Waals surface area contributed by atoms with E-state index in [1.807, 2.05) is 29.2 Å². The number of hydrogen-bond acceptors (Lipinski definition) is 3. The molecule has 1 aromatic carbocycles. The van der Waals surface area contributed by atoms with Gasteiger partial charge in [-0.05, 0) is 55.2 Å². The summed E-state index contributed by atoms with van der Waals surface area (Å²) in [5.74, 6) is -0.782. The summed E-state index contributed by atoms with van der Waals surface area (Å²) in [6.07, 6.45) is 11.1. The Labute approximate surface area is 167 Å². The molecule has 5 nitrogen and oxygen atoms in total. The van der Waals surface area contributed by atoms with Crippen LogP contribution in [0.3, 0.4) is 0 Å². The van der Waals surface area contributed by atoms with Gasteiger partial charge in [-0.2, -0.15) is 0 Å². The summed E-state index contributed by atoms with van der Waals surface area (Å²) in [7, 11) is 0. The van der Waals surface area contributed by atoms with Gasteiger partial charge < -0.3 is 15.1 Å². The molecule has 2 unspecified atom stereocenters. The van der Waals surface area contributed by atoms with Crippen LogP contribution in [0.4, 0.5) is 0 Å². The van der Waals surface area contributed by atoms with E-state index in [0.717, 1.165) is 37.7 Å². The van der Waals surface area contributed by atoms with Crippen LogP contribution in [-0.4, -0.2) is 45.7 Å². The molecule has 2 atom stereocenters. The Morgan fingerprint density at radius 3 is 2.61 bits per heavy atom. The van der Waals surface area contributed by atoms with E-state index in [1.54, 1.807) is 12.1 Å². The van der Waals surface area contributed by atoms with Gasteiger partial charge in [-0.3, -0.25) is 4.79 Å². The van der Waals surface area contributed by atoms with Crippen molar-refractivity contribution in [2.24, 2.45) is 5.41 Å². The molecule has 2 fully saturated rings. The van der Waals surface area contributed by atoms with Crippen LogP contribution in [0.1, 0.15) is 67.8 Å². The van der Waals surface area contributed by atoms with Crippen LogP contribution in [0, 0.1) is 5.41 Å². The number of benzene rings is 1. The van der Waals surface area contributed by atoms with Crippen molar-refractivity contribution >= 4 is 11.9 Å². The SMILES string of the molecule is CCCC1(C(O)/C=C/C2CCC(=O)N2CCc2ccc(C(=O)O)cc2)CCC1. The van der Waals surface area contributed by atoms with Crippen LogP contribution in [0.5, 0.6) is 0 Å². The van der Waals surface area contributed by atoms with Crippen LogP contribution in [0.15, 0.2) is 36.4 Å². The number of aromatic carboxylic acids is 1. The zero-order chi connectivity index (χ0) is 20.1. The normalized spacial score (nSPS) is 22.4. The lowest BCUT2D eigenvalue weighted by molar-refractivity contribution is -0.128. The summed E-state index contributed by atoms with van der Waals surface area (Å²) < 4.78 is 0. The first-order valence-corrected chi connectivity index (χ1v) is 10.4. The molecule has 1 heterocycles. The van der Waals surface area contributed by atoms with Gasteiger partial charge in [0.25, 0.3) is 0 Å². The number of amides is 1. The molecule has 28 heavy (non-hydrogen) atoms. The summed E-state index contributed by atoms with van der Waals surface area (Å²) in [5.41, 5.74) is 1.33. The molecule has 1 saturated carbocycles. The first-order valence-electron chi connectivity index (χ1n) is 10.4. The molecule has 1 saturated heterocycles. The number of hydrogen-bond donors (Lipinski definition) is 2. The highest BCUT2D eigenvalue weighted by Gasteiger charge is 2.41. The molecular weight excluding hydrogens is 354 g/mol. The molecule has 2 N–H and O–H groups in total. The van der Waals surface area contributed by atoms with Crippen LogP contribution in [0.25, 0.3) is 0 Å². The Kier molecular flexibility index (Phi) is 6.55. The van der Waals surface area contributed by atoms with E-state index in [-0.39, 0.29) is 22.9 Å². The molecular formula is C23H31NO4. The number of carboxylic acid groups (broad SMARTS) is 1. The van der Waals surface area contributed by atoms with E-state index in [2.05, 4.69) is 6.92 Å². The molecule has 0 radical (unpaired) electrons. The second kappa shape index (κ2) is 8.91. The fourth-order valence-corrected chi connectivity index (χ4v) is 4.57. The van der Waals surface area contributed by atoms with Gasteiger partial charge in [0.1, 0.15) is 0 Å². The smallest absolute Gasteiger partial charge is 0.335 e. The molecule has 5 heteroatoms. The van der Waals surface area contributed by atoms with Crippen molar-refractivity contribution in [1.82, 2.24) is 4.90 Å². The Balaban J connectivity index is 1.59. The molecule has 0 aromatic heterocycles. The maximum atomic E-state index is 12.3. The molecule has 0 spiro atoms. The van der Waals surface area contributed by atoms with Gasteiger partial charge in [0, 0.05) is 13.0 Å². The van der Waals surface area contributed by atoms with Crippen molar-refractivity contribution in [3.8, 4) is 0 Å². The summed E-state index contributed by atoms with van der Waals surface area (Å²) in [6.45, 7) is 2.77. The number of aliphatic hydroxyl groups excluding tert-OH is 1. The van der Waals surface area contributed by atoms with E-state index < -0.39 is 12.1 Å². The van der Waals surface area contributed by atoms with Gasteiger partial charge in [0.05, 0.1) is 17.7 Å². The zero-order valence-corrected chi connectivity index (χ0v) is 16.6. The summed E-state index contributed by atoms with van der Waals surface area (Å²) in [5, 5.41) is 19.7. The average molecular weight is 386 g/mol. The summed E-state index contributed by atoms with van der Waals surface area (Å²) in [4.78, 5) is 25.2. The van der Waals surface area contributed by atoms with Crippen molar-refractivity contribution in [3.63, 3.8) is 0 Å². The zero-order valence-electron chi connectivity index (χ0n) is 16.6. The Bertz CT molecular complexity index is 721. The maximum absolute atomic E-state index is 12.3. The molecule has 1 aliphatic heterocycles. The lowest BCUT2D eigenvalue weighted by Gasteiger charge is -2.45. The number of carbonyl (C=O) groups excluding carboxylic acids is 1. The molecule has 0 bridgehead atoms. The maximum Gasteiger partial charge on any atom is 0.335 e. The van der Waals surface area contributed by atoms with Gasteiger partial charge in [-0.15, -0.1) is 0 Å². The first-order chi connectivity index (χ1) is 13.4. The molecule has 1 aliphatic carbocycles. The lowest BCUT2D eigenvalue weighted by atomic mass is 9.62. The number of nitrogens with zero attached hydrogens (tertiary/aromatic N) is 1. The van der Waals surface area contributed by atoms with Crippen LogP contribution in [-0.2, 0) is 11.2 Å². The van der Waals surface area contributed by atoms with E-state index in [1.165, 1.54) is 6.42 Å². The average Bonchev–Trinajstić information content (AvgIpc) is 3.01. The highest BCUT2D eigenvalue weighted by Crippen LogP contribution is 2.48. The Hall–Kier alpha value is -2.14. The van der Waals surface area contributed by atoms with Gasteiger partial charge >= 0.3 is 5.97 Å². The second-order valence-corrected chi connectivity index (χ2v) is 8.24. The van der Waals surface area contributed by atoms with Crippen LogP contribution < -0.4 is 0 Å². The Morgan fingerprint density at radius 2 is 2.04 bits per heavy atom. The molecule has 1 amide bonds. The van der Waals surface area contributed by atoms with E-state index in [9.17, 15) is 14.7 Å². The molecule has 2 aliphatic rings. The van der Waals surface area contributed by atoms with Crippen molar-refractivity contribution < 1.29 is 19.8 Å². The van der Waals surface area contributed by atoms with E-state index >= 15 is 0 Å². The standard InChI is InChI=1S/C23H31NO4/c1-2-13-23(14-3-15-23)20(25)10-8-19-9-11-21(26)24(19)16-12-17-4-6-18(7-5-17)22(27)28/h4-8,10,19-20,25H,2-3,9,11-16H2,1H3,(H,27,28)/b10-8+. The van der Waals surface area contributed by atoms with Crippen molar-refractivity contribution in [1.29, 1.82) is 0 Å². The lowest BCUT2D eigenvalue weighted by Crippen LogP contribution is -2.40. The minimum atomic E-state index is -0.933. The van der Waals surface area contributed by atoms with Crippen molar-refractivity contribution in [2.45, 2.75) is 70.4 Å². The fourth-order valence-electron chi connectivity index (χ4n) is 4.57. The largest absolute Gasteiger partial charge is 0.478 e. The number of carboxylic acids is 1. The van der Waals surface area contributed by atoms with Gasteiger partial charge in [-0.1, -0.05) is 44.1 Å². The minimum Gasteiger partial charge on any atom is -0.478 e. The number of aliphatic hydroxyl groups is 1. The number of rotatable bonds is 9. The monoisotopic (exact) mass is 385 g/mol. The fraction of sp³-hybridized carbons (Fsp3) is 0.565. The number of carbonyl (C=O) groups is 2. The summed E-state index contributed by atoms with van der Waals surface area (Å²) in [6, 6.07) is 6.86. The third kappa shape index (κ3) is 4.46. The first kappa shape index (κ1) is 20.6. The molecule has 1 aromatic rings. The van der Waals surface area contributed by atoms with Crippen LogP contribution in [0.2, 0.25) is 0 Å². The summed E-state index contributed by atoms with van der Waals surface area (Å²) >= 11 is 0. The van der Waals surface area contributed by atoms with Crippen molar-refractivity contribution in [3.05, 3.63) is 47.5 Å². The van der Waals surface area contributed by atoms with Gasteiger partial charge in [-0.25, -0.2) is 4.79 Å². The predicted octanol–water partition coefficient (Wildman–Crippen LogP) is 3.81. The molecule has 152 valence electrons. The van der Waals surface area contributed by atoms with E-state index in [0.29, 0.717) is 19.4 Å².